The fourth-order valence-corrected chi connectivity index (χ4v) is 5.13. The number of carbonyl (C=O) groups is 1. The number of hydrogen-bond acceptors (Lipinski definition) is 4. The van der Waals surface area contributed by atoms with Gasteiger partial charge < -0.3 is 20.6 Å². The maximum absolute atomic E-state index is 12.3. The lowest BCUT2D eigenvalue weighted by molar-refractivity contribution is -0.122. The molecule has 5 nitrogen and oxygen atoms in total. The number of hydrogen-bond donors (Lipinski definition) is 4. The number of aliphatic hydroxyl groups excluding tert-OH is 3. The molecular weight excluding hydrogens is 558 g/mol. The van der Waals surface area contributed by atoms with E-state index >= 15 is 0 Å². The van der Waals surface area contributed by atoms with Crippen LogP contribution in [0.2, 0.25) is 0 Å². The van der Waals surface area contributed by atoms with Gasteiger partial charge in [-0.15, -0.1) is 0 Å². The molecule has 0 saturated carbocycles. The zero-order valence-electron chi connectivity index (χ0n) is 29.2. The van der Waals surface area contributed by atoms with Gasteiger partial charge in [-0.1, -0.05) is 164 Å². The van der Waals surface area contributed by atoms with Gasteiger partial charge in [-0.3, -0.25) is 4.79 Å². The predicted molar refractivity (Wildman–Crippen MR) is 194 cm³/mol. The monoisotopic (exact) mass is 630 g/mol. The van der Waals surface area contributed by atoms with Gasteiger partial charge >= 0.3 is 0 Å². The van der Waals surface area contributed by atoms with Crippen molar-refractivity contribution >= 4 is 5.91 Å². The third-order valence-corrected chi connectivity index (χ3v) is 8.07. The second-order valence-corrected chi connectivity index (χ2v) is 12.5. The lowest BCUT2D eigenvalue weighted by Crippen LogP contribution is -2.45. The molecule has 45 heavy (non-hydrogen) atoms. The average molecular weight is 630 g/mol. The predicted octanol–water partition coefficient (Wildman–Crippen LogP) is 9.98. The van der Waals surface area contributed by atoms with Crippen LogP contribution < -0.4 is 5.32 Å². The second kappa shape index (κ2) is 34.9. The Balaban J connectivity index is 3.80. The van der Waals surface area contributed by atoms with Gasteiger partial charge in [0, 0.05) is 6.42 Å². The molecular formula is C40H71NO4. The summed E-state index contributed by atoms with van der Waals surface area (Å²) < 4.78 is 0. The Hall–Kier alpha value is -1.95. The summed E-state index contributed by atoms with van der Waals surface area (Å²) in [4.78, 5) is 12.3. The number of carbonyl (C=O) groups excluding carboxylic acids is 1. The van der Waals surface area contributed by atoms with Crippen LogP contribution in [0.15, 0.2) is 60.8 Å². The Morgan fingerprint density at radius 2 is 1.07 bits per heavy atom. The van der Waals surface area contributed by atoms with Crippen LogP contribution in [0.1, 0.15) is 162 Å². The minimum absolute atomic E-state index is 0.136. The van der Waals surface area contributed by atoms with Crippen molar-refractivity contribution in [2.45, 2.75) is 180 Å². The van der Waals surface area contributed by atoms with Crippen molar-refractivity contribution in [3.63, 3.8) is 0 Å². The van der Waals surface area contributed by atoms with Crippen LogP contribution in [-0.2, 0) is 4.79 Å². The van der Waals surface area contributed by atoms with Gasteiger partial charge in [0.1, 0.15) is 0 Å². The molecule has 0 unspecified atom stereocenters. The first-order valence-electron chi connectivity index (χ1n) is 18.6. The smallest absolute Gasteiger partial charge is 0.220 e. The highest BCUT2D eigenvalue weighted by atomic mass is 16.3. The summed E-state index contributed by atoms with van der Waals surface area (Å²) in [5.41, 5.74) is 0. The van der Waals surface area contributed by atoms with Crippen LogP contribution in [-0.4, -0.2) is 46.1 Å². The van der Waals surface area contributed by atoms with E-state index in [1.165, 1.54) is 77.0 Å². The normalized spacial score (nSPS) is 14.5. The fourth-order valence-electron chi connectivity index (χ4n) is 5.13. The fraction of sp³-hybridized carbons (Fsp3) is 0.725. The van der Waals surface area contributed by atoms with Gasteiger partial charge in [0.05, 0.1) is 24.9 Å². The van der Waals surface area contributed by atoms with Crippen molar-refractivity contribution in [2.75, 3.05) is 6.61 Å². The molecule has 0 bridgehead atoms. The van der Waals surface area contributed by atoms with Crippen molar-refractivity contribution in [1.29, 1.82) is 0 Å². The number of aliphatic hydroxyl groups is 3. The van der Waals surface area contributed by atoms with Crippen molar-refractivity contribution in [2.24, 2.45) is 0 Å². The van der Waals surface area contributed by atoms with Crippen LogP contribution >= 0.6 is 0 Å². The first kappa shape index (κ1) is 43.0. The van der Waals surface area contributed by atoms with Crippen molar-refractivity contribution in [1.82, 2.24) is 5.32 Å². The third-order valence-electron chi connectivity index (χ3n) is 8.07. The Morgan fingerprint density at radius 3 is 1.62 bits per heavy atom. The molecule has 4 N–H and O–H groups in total. The molecule has 0 heterocycles. The van der Waals surface area contributed by atoms with E-state index in [2.05, 4.69) is 55.6 Å². The van der Waals surface area contributed by atoms with Crippen molar-refractivity contribution in [3.05, 3.63) is 60.8 Å². The van der Waals surface area contributed by atoms with E-state index in [-0.39, 0.29) is 18.6 Å². The number of unbranched alkanes of at least 4 members (excludes halogenated alkanes) is 15. The SMILES string of the molecule is CCCCCCCCCCCCCCC/C=C/[C@@H](O)[C@H](CO)NC(=O)CCC/C=C\C/C=C\C/C=C\C/C=C\[C@H](O)CCCC. The molecule has 0 spiro atoms. The maximum atomic E-state index is 12.3. The zero-order chi connectivity index (χ0) is 33.1. The number of allylic oxidation sites excluding steroid dienone is 8. The largest absolute Gasteiger partial charge is 0.394 e. The first-order chi connectivity index (χ1) is 22.0. The van der Waals surface area contributed by atoms with Crippen LogP contribution in [0.3, 0.4) is 0 Å². The molecule has 0 aromatic heterocycles. The molecule has 0 aromatic rings. The van der Waals surface area contributed by atoms with Crippen LogP contribution in [0.4, 0.5) is 0 Å². The summed E-state index contributed by atoms with van der Waals surface area (Å²) in [5, 5.41) is 32.6. The summed E-state index contributed by atoms with van der Waals surface area (Å²) in [6.45, 7) is 4.12. The summed E-state index contributed by atoms with van der Waals surface area (Å²) in [6.07, 6.45) is 45.0. The zero-order valence-corrected chi connectivity index (χ0v) is 29.2. The van der Waals surface area contributed by atoms with Crippen molar-refractivity contribution < 1.29 is 20.1 Å². The molecule has 3 atom stereocenters. The van der Waals surface area contributed by atoms with Crippen LogP contribution in [0.5, 0.6) is 0 Å². The summed E-state index contributed by atoms with van der Waals surface area (Å²) in [5.74, 6) is -0.136. The quantitative estimate of drug-likeness (QED) is 0.0440. The molecule has 0 fully saturated rings. The van der Waals surface area contributed by atoms with E-state index in [0.717, 1.165) is 64.2 Å². The van der Waals surface area contributed by atoms with E-state index < -0.39 is 12.1 Å². The Labute approximate surface area is 278 Å². The molecule has 0 aliphatic heterocycles. The van der Waals surface area contributed by atoms with Crippen molar-refractivity contribution in [3.8, 4) is 0 Å². The molecule has 0 saturated heterocycles. The molecule has 260 valence electrons. The minimum Gasteiger partial charge on any atom is -0.394 e. The number of nitrogens with one attached hydrogen (secondary N) is 1. The highest BCUT2D eigenvalue weighted by molar-refractivity contribution is 5.76. The van der Waals surface area contributed by atoms with Gasteiger partial charge in [0.25, 0.3) is 0 Å². The molecule has 0 aromatic carbocycles. The standard InChI is InChI=1S/C40H71NO4/c1-3-5-7-8-9-10-11-12-13-14-18-21-24-27-30-34-39(44)38(36-42)41-40(45)35-31-28-25-22-19-16-15-17-20-23-26-29-33-37(43)32-6-4-2/h15-16,20,22-23,25,29-30,33-34,37-39,42-44H,3-14,17-19,21,24,26-28,31-32,35-36H2,1-2H3,(H,41,45)/b16-15-,23-20-,25-22-,33-29-,34-30+/t37-,38+,39-/m1/s1. The molecule has 5 heteroatoms. The highest BCUT2D eigenvalue weighted by Crippen LogP contribution is 2.13. The van der Waals surface area contributed by atoms with E-state index in [0.29, 0.717) is 6.42 Å². The van der Waals surface area contributed by atoms with E-state index in [9.17, 15) is 20.1 Å². The van der Waals surface area contributed by atoms with Gasteiger partial charge in [-0.05, 0) is 51.4 Å². The topological polar surface area (TPSA) is 89.8 Å². The first-order valence-corrected chi connectivity index (χ1v) is 18.6. The van der Waals surface area contributed by atoms with Gasteiger partial charge in [0.15, 0.2) is 0 Å². The second-order valence-electron chi connectivity index (χ2n) is 12.5. The van der Waals surface area contributed by atoms with E-state index in [1.807, 2.05) is 18.2 Å². The van der Waals surface area contributed by atoms with E-state index in [1.54, 1.807) is 6.08 Å². The maximum Gasteiger partial charge on any atom is 0.220 e. The Kier molecular flexibility index (Phi) is 33.4. The molecule has 0 aliphatic rings. The average Bonchev–Trinajstić information content (AvgIpc) is 3.04. The third kappa shape index (κ3) is 31.8. The van der Waals surface area contributed by atoms with Gasteiger partial charge in [-0.2, -0.15) is 0 Å². The van der Waals surface area contributed by atoms with E-state index in [4.69, 9.17) is 0 Å². The summed E-state index contributed by atoms with van der Waals surface area (Å²) in [6, 6.07) is -0.663. The van der Waals surface area contributed by atoms with Crippen LogP contribution in [0.25, 0.3) is 0 Å². The number of amides is 1. The summed E-state index contributed by atoms with van der Waals surface area (Å²) in [7, 11) is 0. The lowest BCUT2D eigenvalue weighted by Gasteiger charge is -2.19. The Bertz CT molecular complexity index is 785. The minimum atomic E-state index is -0.873. The lowest BCUT2D eigenvalue weighted by atomic mass is 10.0. The molecule has 1 amide bonds. The molecule has 0 rings (SSSR count). The Morgan fingerprint density at radius 1 is 0.578 bits per heavy atom. The van der Waals surface area contributed by atoms with Gasteiger partial charge in [-0.25, -0.2) is 0 Å². The van der Waals surface area contributed by atoms with Gasteiger partial charge in [0.2, 0.25) is 5.91 Å². The summed E-state index contributed by atoms with van der Waals surface area (Å²) >= 11 is 0. The number of rotatable bonds is 32. The highest BCUT2D eigenvalue weighted by Gasteiger charge is 2.17. The molecule has 0 aliphatic carbocycles. The molecule has 0 radical (unpaired) electrons. The van der Waals surface area contributed by atoms with Crippen LogP contribution in [0, 0.1) is 0 Å².